The molecule has 4 rings (SSSR count). The van der Waals surface area contributed by atoms with Crippen LogP contribution in [0.25, 0.3) is 11.0 Å². The van der Waals surface area contributed by atoms with Gasteiger partial charge < -0.3 is 24.1 Å². The Labute approximate surface area is 192 Å². The number of rotatable bonds is 5. The van der Waals surface area contributed by atoms with Gasteiger partial charge in [0.2, 0.25) is 0 Å². The minimum absolute atomic E-state index is 0.153. The number of hydrogen-bond acceptors (Lipinski definition) is 6. The van der Waals surface area contributed by atoms with Crippen LogP contribution in [0.1, 0.15) is 48.9 Å². The van der Waals surface area contributed by atoms with E-state index in [1.54, 1.807) is 30.3 Å². The number of aromatic nitrogens is 1. The Bertz CT molecular complexity index is 1150. The van der Waals surface area contributed by atoms with Gasteiger partial charge in [0.25, 0.3) is 5.91 Å². The highest BCUT2D eigenvalue weighted by Gasteiger charge is 2.31. The molecule has 0 aliphatic carbocycles. The van der Waals surface area contributed by atoms with Crippen LogP contribution in [0, 0.1) is 6.92 Å². The molecule has 1 atom stereocenters. The smallest absolute Gasteiger partial charge is 0.410 e. The molecule has 0 radical (unpaired) electrons. The quantitative estimate of drug-likeness (QED) is 0.616. The van der Waals surface area contributed by atoms with Crippen molar-refractivity contribution < 1.29 is 23.5 Å². The summed E-state index contributed by atoms with van der Waals surface area (Å²) in [6, 6.07) is 9.08. The van der Waals surface area contributed by atoms with E-state index >= 15 is 0 Å². The number of pyridine rings is 1. The molecule has 1 aliphatic rings. The molecule has 8 heteroatoms. The molecule has 3 heterocycles. The topological polar surface area (TPSA) is 93.9 Å². The third kappa shape index (κ3) is 5.45. The lowest BCUT2D eigenvalue weighted by Gasteiger charge is -2.24. The van der Waals surface area contributed by atoms with E-state index in [0.717, 1.165) is 5.56 Å². The van der Waals surface area contributed by atoms with Gasteiger partial charge in [-0.3, -0.25) is 9.78 Å². The lowest BCUT2D eigenvalue weighted by Crippen LogP contribution is -2.40. The molecule has 1 N–H and O–H groups in total. The number of carbonyl (C=O) groups excluding carboxylic acids is 2. The van der Waals surface area contributed by atoms with E-state index in [-0.39, 0.29) is 18.0 Å². The van der Waals surface area contributed by atoms with Crippen molar-refractivity contribution in [3.8, 4) is 5.75 Å². The van der Waals surface area contributed by atoms with Crippen LogP contribution in [0.4, 0.5) is 4.79 Å². The van der Waals surface area contributed by atoms with Gasteiger partial charge >= 0.3 is 6.09 Å². The molecule has 0 saturated carbocycles. The Morgan fingerprint density at radius 1 is 1.27 bits per heavy atom. The zero-order valence-electron chi connectivity index (χ0n) is 19.4. The van der Waals surface area contributed by atoms with Gasteiger partial charge in [-0.15, -0.1) is 0 Å². The highest BCUT2D eigenvalue weighted by Crippen LogP contribution is 2.30. The fraction of sp³-hybridized carbons (Fsp3) is 0.400. The van der Waals surface area contributed by atoms with Crippen LogP contribution in [-0.4, -0.2) is 46.6 Å². The monoisotopic (exact) mass is 451 g/mol. The van der Waals surface area contributed by atoms with Gasteiger partial charge in [-0.25, -0.2) is 4.79 Å². The van der Waals surface area contributed by atoms with Gasteiger partial charge in [0.05, 0.1) is 5.56 Å². The summed E-state index contributed by atoms with van der Waals surface area (Å²) >= 11 is 0. The first kappa shape index (κ1) is 22.6. The molecule has 2 aromatic heterocycles. The molecule has 1 saturated heterocycles. The van der Waals surface area contributed by atoms with Crippen LogP contribution in [0.15, 0.2) is 47.1 Å². The predicted molar refractivity (Wildman–Crippen MR) is 123 cm³/mol. The molecule has 1 aliphatic heterocycles. The number of benzene rings is 1. The molecule has 0 bridgehead atoms. The third-order valence-corrected chi connectivity index (χ3v) is 5.37. The van der Waals surface area contributed by atoms with Crippen molar-refractivity contribution >= 4 is 23.0 Å². The average molecular weight is 452 g/mol. The van der Waals surface area contributed by atoms with Crippen molar-refractivity contribution in [1.29, 1.82) is 0 Å². The second kappa shape index (κ2) is 9.13. The fourth-order valence-electron chi connectivity index (χ4n) is 3.85. The van der Waals surface area contributed by atoms with E-state index < -0.39 is 5.60 Å². The lowest BCUT2D eigenvalue weighted by atomic mass is 10.1. The van der Waals surface area contributed by atoms with Crippen molar-refractivity contribution in [3.63, 3.8) is 0 Å². The zero-order chi connectivity index (χ0) is 23.6. The number of ether oxygens (including phenoxy) is 2. The summed E-state index contributed by atoms with van der Waals surface area (Å²) in [6.45, 7) is 8.60. The van der Waals surface area contributed by atoms with E-state index in [1.807, 2.05) is 45.0 Å². The Morgan fingerprint density at radius 3 is 2.82 bits per heavy atom. The van der Waals surface area contributed by atoms with Crippen molar-refractivity contribution in [2.24, 2.45) is 0 Å². The molecular formula is C25H29N3O5. The Balaban J connectivity index is 1.44. The number of hydrogen-bond donors (Lipinski definition) is 1. The van der Waals surface area contributed by atoms with Crippen LogP contribution >= 0.6 is 0 Å². The molecule has 3 aromatic rings. The normalized spacial score (nSPS) is 16.1. The van der Waals surface area contributed by atoms with E-state index in [0.29, 0.717) is 54.2 Å². The maximum Gasteiger partial charge on any atom is 0.410 e. The summed E-state index contributed by atoms with van der Waals surface area (Å²) in [5.74, 6) is 0.943. The molecule has 1 aromatic carbocycles. The Kier molecular flexibility index (Phi) is 6.26. The molecule has 0 spiro atoms. The standard InChI is InChI=1S/C25H29N3O5/c1-16-22(23(29)27-18-9-11-28(14-18)24(30)33-25(2,3)4)20-12-19(7-8-21(20)32-16)31-15-17-6-5-10-26-13-17/h5-8,10,12-13,18H,9,11,14-15H2,1-4H3,(H,27,29)/t18-/m0/s1. The molecule has 33 heavy (non-hydrogen) atoms. The summed E-state index contributed by atoms with van der Waals surface area (Å²) in [6.07, 6.45) is 3.77. The average Bonchev–Trinajstić information content (AvgIpc) is 3.35. The first-order valence-corrected chi connectivity index (χ1v) is 11.0. The summed E-state index contributed by atoms with van der Waals surface area (Å²) in [7, 11) is 0. The summed E-state index contributed by atoms with van der Waals surface area (Å²) in [5.41, 5.74) is 1.50. The first-order valence-electron chi connectivity index (χ1n) is 11.0. The molecule has 8 nitrogen and oxygen atoms in total. The number of carbonyl (C=O) groups is 2. The van der Waals surface area contributed by atoms with E-state index in [1.165, 1.54) is 0 Å². The van der Waals surface area contributed by atoms with Gasteiger partial charge in [0, 0.05) is 42.5 Å². The van der Waals surface area contributed by atoms with Crippen LogP contribution in [0.2, 0.25) is 0 Å². The summed E-state index contributed by atoms with van der Waals surface area (Å²) < 4.78 is 17.1. The maximum absolute atomic E-state index is 13.1. The highest BCUT2D eigenvalue weighted by atomic mass is 16.6. The van der Waals surface area contributed by atoms with Crippen molar-refractivity contribution in [2.75, 3.05) is 13.1 Å². The van der Waals surface area contributed by atoms with Gasteiger partial charge in [-0.2, -0.15) is 0 Å². The van der Waals surface area contributed by atoms with E-state index in [4.69, 9.17) is 13.9 Å². The molecule has 2 amide bonds. The Morgan fingerprint density at radius 2 is 2.09 bits per heavy atom. The zero-order valence-corrected chi connectivity index (χ0v) is 19.4. The number of furan rings is 1. The number of amides is 2. The third-order valence-electron chi connectivity index (χ3n) is 5.37. The summed E-state index contributed by atoms with van der Waals surface area (Å²) in [5, 5.41) is 3.73. The minimum atomic E-state index is -0.554. The van der Waals surface area contributed by atoms with Crippen molar-refractivity contribution in [2.45, 2.75) is 52.4 Å². The molecular weight excluding hydrogens is 422 g/mol. The van der Waals surface area contributed by atoms with Gasteiger partial charge in [0.15, 0.2) is 0 Å². The van der Waals surface area contributed by atoms with E-state index in [9.17, 15) is 9.59 Å². The maximum atomic E-state index is 13.1. The number of fused-ring (bicyclic) bond motifs is 1. The van der Waals surface area contributed by atoms with Crippen LogP contribution in [0.3, 0.4) is 0 Å². The Hall–Kier alpha value is -3.55. The number of likely N-dealkylation sites (tertiary alicyclic amines) is 1. The molecule has 174 valence electrons. The fourth-order valence-corrected chi connectivity index (χ4v) is 3.85. The van der Waals surface area contributed by atoms with Gasteiger partial charge in [-0.05, 0) is 58.4 Å². The first-order chi connectivity index (χ1) is 15.7. The van der Waals surface area contributed by atoms with Crippen LogP contribution in [0.5, 0.6) is 5.75 Å². The van der Waals surface area contributed by atoms with Crippen LogP contribution < -0.4 is 10.1 Å². The van der Waals surface area contributed by atoms with Crippen molar-refractivity contribution in [1.82, 2.24) is 15.2 Å². The number of aryl methyl sites for hydroxylation is 1. The predicted octanol–water partition coefficient (Wildman–Crippen LogP) is 4.45. The molecule has 1 fully saturated rings. The van der Waals surface area contributed by atoms with Gasteiger partial charge in [-0.1, -0.05) is 6.07 Å². The summed E-state index contributed by atoms with van der Waals surface area (Å²) in [4.78, 5) is 31.2. The lowest BCUT2D eigenvalue weighted by molar-refractivity contribution is 0.0290. The number of nitrogens with zero attached hydrogens (tertiary/aromatic N) is 2. The minimum Gasteiger partial charge on any atom is -0.489 e. The van der Waals surface area contributed by atoms with Crippen LogP contribution in [-0.2, 0) is 11.3 Å². The van der Waals surface area contributed by atoms with Gasteiger partial charge in [0.1, 0.15) is 29.3 Å². The largest absolute Gasteiger partial charge is 0.489 e. The van der Waals surface area contributed by atoms with E-state index in [2.05, 4.69) is 10.3 Å². The SMILES string of the molecule is Cc1oc2ccc(OCc3cccnc3)cc2c1C(=O)N[C@H]1CCN(C(=O)OC(C)(C)C)C1. The highest BCUT2D eigenvalue weighted by molar-refractivity contribution is 6.07. The number of nitrogens with one attached hydrogen (secondary N) is 1. The second-order valence-corrected chi connectivity index (χ2v) is 9.23. The van der Waals surface area contributed by atoms with Crippen molar-refractivity contribution in [3.05, 3.63) is 59.6 Å². The molecule has 0 unspecified atom stereocenters. The second-order valence-electron chi connectivity index (χ2n) is 9.23.